The molecule has 22 heavy (non-hydrogen) atoms. The summed E-state index contributed by atoms with van der Waals surface area (Å²) in [5, 5.41) is 7.47. The lowest BCUT2D eigenvalue weighted by atomic mass is 9.91. The summed E-state index contributed by atoms with van der Waals surface area (Å²) < 4.78 is 0. The molecule has 5 heteroatoms. The largest absolute Gasteiger partial charge is 0.374 e. The molecule has 2 saturated heterocycles. The third-order valence-corrected chi connectivity index (χ3v) is 5.06. The molecule has 0 bridgehead atoms. The van der Waals surface area contributed by atoms with E-state index in [9.17, 15) is 4.79 Å². The van der Waals surface area contributed by atoms with E-state index < -0.39 is 0 Å². The second-order valence-corrected chi connectivity index (χ2v) is 6.85. The number of hydrogen-bond donors (Lipinski definition) is 2. The van der Waals surface area contributed by atoms with Gasteiger partial charge in [-0.05, 0) is 49.9 Å². The Bertz CT molecular complexity index is 536. The number of amides is 1. The molecule has 120 valence electrons. The van der Waals surface area contributed by atoms with Crippen LogP contribution in [-0.2, 0) is 4.79 Å². The highest BCUT2D eigenvalue weighted by Crippen LogP contribution is 2.25. The molecule has 2 fully saturated rings. The van der Waals surface area contributed by atoms with E-state index in [1.165, 1.54) is 0 Å². The summed E-state index contributed by atoms with van der Waals surface area (Å²) >= 11 is 6.02. The number of hydrogen-bond acceptors (Lipinski definition) is 3. The fourth-order valence-corrected chi connectivity index (χ4v) is 3.72. The molecule has 0 spiro atoms. The first-order chi connectivity index (χ1) is 10.6. The van der Waals surface area contributed by atoms with E-state index in [4.69, 9.17) is 11.6 Å². The monoisotopic (exact) mass is 321 g/mol. The van der Waals surface area contributed by atoms with Crippen LogP contribution in [0.25, 0.3) is 0 Å². The van der Waals surface area contributed by atoms with Gasteiger partial charge in [0.1, 0.15) is 6.04 Å². The van der Waals surface area contributed by atoms with Crippen LogP contribution in [0.2, 0.25) is 5.02 Å². The maximum Gasteiger partial charge on any atom is 0.245 e. The molecule has 1 unspecified atom stereocenters. The Hall–Kier alpha value is -1.26. The van der Waals surface area contributed by atoms with Gasteiger partial charge in [0.2, 0.25) is 5.91 Å². The Balaban J connectivity index is 1.69. The van der Waals surface area contributed by atoms with Gasteiger partial charge in [0, 0.05) is 29.8 Å². The van der Waals surface area contributed by atoms with Gasteiger partial charge in [-0.2, -0.15) is 0 Å². The highest BCUT2D eigenvalue weighted by molar-refractivity contribution is 6.30. The maximum absolute atomic E-state index is 12.9. The molecule has 2 aliphatic rings. The fraction of sp³-hybridized carbons (Fsp3) is 0.588. The van der Waals surface area contributed by atoms with E-state index in [2.05, 4.69) is 22.5 Å². The summed E-state index contributed by atoms with van der Waals surface area (Å²) in [7, 11) is 0. The predicted molar refractivity (Wildman–Crippen MR) is 90.2 cm³/mol. The van der Waals surface area contributed by atoms with Gasteiger partial charge < -0.3 is 15.5 Å². The Morgan fingerprint density at radius 1 is 1.36 bits per heavy atom. The molecule has 0 aromatic heterocycles. The number of carbonyl (C=O) groups excluding carboxylic acids is 1. The standard InChI is InChI=1S/C17H24ClN3O/c1-12-7-8-19-11-16(12)21-9-3-6-15(17(21)22)20-14-5-2-4-13(18)10-14/h2,4-5,10,12,15-16,19-20H,3,6-9,11H2,1H3/t12-,15?,16-/m0/s1. The van der Waals surface area contributed by atoms with E-state index >= 15 is 0 Å². The number of nitrogens with zero attached hydrogens (tertiary/aromatic N) is 1. The van der Waals surface area contributed by atoms with Crippen LogP contribution in [-0.4, -0.2) is 42.5 Å². The van der Waals surface area contributed by atoms with Crippen LogP contribution in [0.15, 0.2) is 24.3 Å². The van der Waals surface area contributed by atoms with Crippen molar-refractivity contribution in [3.05, 3.63) is 29.3 Å². The molecule has 2 heterocycles. The molecule has 3 rings (SSSR count). The van der Waals surface area contributed by atoms with Gasteiger partial charge in [0.05, 0.1) is 0 Å². The molecule has 1 aromatic rings. The number of benzene rings is 1. The van der Waals surface area contributed by atoms with Gasteiger partial charge >= 0.3 is 0 Å². The van der Waals surface area contributed by atoms with E-state index in [0.29, 0.717) is 17.0 Å². The highest BCUT2D eigenvalue weighted by Gasteiger charge is 2.36. The first kappa shape index (κ1) is 15.6. The molecule has 3 atom stereocenters. The number of piperidine rings is 2. The SMILES string of the molecule is C[C@H]1CCNC[C@@H]1N1CCCC(Nc2cccc(Cl)c2)C1=O. The van der Waals surface area contributed by atoms with Crippen LogP contribution in [0.3, 0.4) is 0 Å². The topological polar surface area (TPSA) is 44.4 Å². The second-order valence-electron chi connectivity index (χ2n) is 6.42. The number of likely N-dealkylation sites (tertiary alicyclic amines) is 1. The normalized spacial score (nSPS) is 29.5. The van der Waals surface area contributed by atoms with Gasteiger partial charge in [0.15, 0.2) is 0 Å². The molecular weight excluding hydrogens is 298 g/mol. The van der Waals surface area contributed by atoms with Crippen molar-refractivity contribution < 1.29 is 4.79 Å². The number of carbonyl (C=O) groups is 1. The van der Waals surface area contributed by atoms with Crippen molar-refractivity contribution in [2.24, 2.45) is 5.92 Å². The zero-order chi connectivity index (χ0) is 15.5. The van der Waals surface area contributed by atoms with Crippen molar-refractivity contribution in [2.45, 2.75) is 38.3 Å². The van der Waals surface area contributed by atoms with Crippen LogP contribution in [0, 0.1) is 5.92 Å². The lowest BCUT2D eigenvalue weighted by molar-refractivity contribution is -0.138. The molecule has 0 radical (unpaired) electrons. The Labute approximate surface area is 137 Å². The molecule has 1 aromatic carbocycles. The Morgan fingerprint density at radius 2 is 2.23 bits per heavy atom. The first-order valence-electron chi connectivity index (χ1n) is 8.18. The molecular formula is C17H24ClN3O. The lowest BCUT2D eigenvalue weighted by Gasteiger charge is -2.43. The van der Waals surface area contributed by atoms with Crippen molar-refractivity contribution in [3.8, 4) is 0 Å². The van der Waals surface area contributed by atoms with Crippen LogP contribution >= 0.6 is 11.6 Å². The maximum atomic E-state index is 12.9. The van der Waals surface area contributed by atoms with Crippen LogP contribution in [0.1, 0.15) is 26.2 Å². The van der Waals surface area contributed by atoms with Crippen LogP contribution in [0.5, 0.6) is 0 Å². The summed E-state index contributed by atoms with van der Waals surface area (Å²) in [6.07, 6.45) is 3.07. The summed E-state index contributed by atoms with van der Waals surface area (Å²) in [6, 6.07) is 7.77. The third-order valence-electron chi connectivity index (χ3n) is 4.83. The number of anilines is 1. The molecule has 1 amide bonds. The number of halogens is 1. The van der Waals surface area contributed by atoms with Crippen molar-refractivity contribution >= 4 is 23.2 Å². The zero-order valence-electron chi connectivity index (χ0n) is 13.0. The van der Waals surface area contributed by atoms with Gasteiger partial charge in [-0.25, -0.2) is 0 Å². The summed E-state index contributed by atoms with van der Waals surface area (Å²) in [5.41, 5.74) is 0.919. The summed E-state index contributed by atoms with van der Waals surface area (Å²) in [4.78, 5) is 14.9. The van der Waals surface area contributed by atoms with Crippen molar-refractivity contribution in [2.75, 3.05) is 25.0 Å². The molecule has 2 N–H and O–H groups in total. The average molecular weight is 322 g/mol. The zero-order valence-corrected chi connectivity index (χ0v) is 13.8. The van der Waals surface area contributed by atoms with Crippen molar-refractivity contribution in [1.82, 2.24) is 10.2 Å². The van der Waals surface area contributed by atoms with Crippen molar-refractivity contribution in [3.63, 3.8) is 0 Å². The Morgan fingerprint density at radius 3 is 3.00 bits per heavy atom. The average Bonchev–Trinajstić information content (AvgIpc) is 2.50. The number of rotatable bonds is 3. The third kappa shape index (κ3) is 3.39. The van der Waals surface area contributed by atoms with Gasteiger partial charge in [-0.3, -0.25) is 4.79 Å². The summed E-state index contributed by atoms with van der Waals surface area (Å²) in [6.45, 7) is 5.11. The number of nitrogens with one attached hydrogen (secondary N) is 2. The second kappa shape index (κ2) is 6.88. The predicted octanol–water partition coefficient (Wildman–Crippen LogP) is 2.74. The minimum atomic E-state index is -0.138. The van der Waals surface area contributed by atoms with Gasteiger partial charge in [-0.15, -0.1) is 0 Å². The van der Waals surface area contributed by atoms with E-state index in [0.717, 1.165) is 44.6 Å². The molecule has 0 aliphatic carbocycles. The van der Waals surface area contributed by atoms with E-state index in [-0.39, 0.29) is 11.9 Å². The van der Waals surface area contributed by atoms with Gasteiger partial charge in [-0.1, -0.05) is 24.6 Å². The minimum Gasteiger partial charge on any atom is -0.374 e. The van der Waals surface area contributed by atoms with E-state index in [1.807, 2.05) is 24.3 Å². The smallest absolute Gasteiger partial charge is 0.245 e. The first-order valence-corrected chi connectivity index (χ1v) is 8.56. The lowest BCUT2D eigenvalue weighted by Crippen LogP contribution is -2.58. The molecule has 2 aliphatic heterocycles. The summed E-state index contributed by atoms with van der Waals surface area (Å²) in [5.74, 6) is 0.793. The minimum absolute atomic E-state index is 0.138. The molecule has 0 saturated carbocycles. The molecule has 4 nitrogen and oxygen atoms in total. The highest BCUT2D eigenvalue weighted by atomic mass is 35.5. The van der Waals surface area contributed by atoms with Gasteiger partial charge in [0.25, 0.3) is 0 Å². The van der Waals surface area contributed by atoms with E-state index in [1.54, 1.807) is 0 Å². The quantitative estimate of drug-likeness (QED) is 0.899. The van der Waals surface area contributed by atoms with Crippen LogP contribution < -0.4 is 10.6 Å². The Kier molecular flexibility index (Phi) is 4.89. The fourth-order valence-electron chi connectivity index (χ4n) is 3.53. The van der Waals surface area contributed by atoms with Crippen LogP contribution in [0.4, 0.5) is 5.69 Å². The van der Waals surface area contributed by atoms with Crippen molar-refractivity contribution in [1.29, 1.82) is 0 Å².